The monoisotopic (exact) mass is 465 g/mol. The topological polar surface area (TPSA) is 87.7 Å². The number of hydrogen-bond acceptors (Lipinski definition) is 4. The Labute approximate surface area is 201 Å². The number of carbonyl (C=O) groups is 3. The second-order valence-electron chi connectivity index (χ2n) is 9.22. The van der Waals surface area contributed by atoms with Crippen molar-refractivity contribution in [2.24, 2.45) is 11.8 Å². The van der Waals surface area contributed by atoms with Gasteiger partial charge in [0.2, 0.25) is 5.91 Å². The summed E-state index contributed by atoms with van der Waals surface area (Å²) in [6, 6.07) is 15.3. The van der Waals surface area contributed by atoms with Gasteiger partial charge in [-0.05, 0) is 68.0 Å². The predicted molar refractivity (Wildman–Crippen MR) is 132 cm³/mol. The van der Waals surface area contributed by atoms with Crippen LogP contribution in [0.1, 0.15) is 54.3 Å². The van der Waals surface area contributed by atoms with E-state index in [1.807, 2.05) is 31.7 Å². The molecule has 2 aromatic rings. The van der Waals surface area contributed by atoms with Gasteiger partial charge in [-0.15, -0.1) is 0 Å². The van der Waals surface area contributed by atoms with Crippen molar-refractivity contribution in [3.05, 3.63) is 65.7 Å². The number of nitrogens with one attached hydrogen (secondary N) is 2. The Balaban J connectivity index is 1.69. The van der Waals surface area contributed by atoms with E-state index >= 15 is 0 Å². The standard InChI is InChI=1S/C27H35N3O4/c1-18(2)19(3)28-26(32)24(29-25(31)21-8-6-5-7-9-21)20-14-16-30(17-15-20)27(33)22-10-12-23(34-4)13-11-22/h5-13,18-20,24H,14-17H2,1-4H3,(H,28,32)(H,29,31). The number of carbonyl (C=O) groups excluding carboxylic acids is 3. The highest BCUT2D eigenvalue weighted by molar-refractivity contribution is 5.97. The van der Waals surface area contributed by atoms with Gasteiger partial charge in [-0.1, -0.05) is 32.0 Å². The highest BCUT2D eigenvalue weighted by Gasteiger charge is 2.34. The number of hydrogen-bond donors (Lipinski definition) is 2. The zero-order valence-electron chi connectivity index (χ0n) is 20.4. The van der Waals surface area contributed by atoms with Crippen LogP contribution in [-0.2, 0) is 4.79 Å². The Morgan fingerprint density at radius 2 is 1.50 bits per heavy atom. The molecule has 2 aromatic carbocycles. The van der Waals surface area contributed by atoms with Crippen molar-refractivity contribution in [1.82, 2.24) is 15.5 Å². The van der Waals surface area contributed by atoms with Crippen LogP contribution < -0.4 is 15.4 Å². The molecule has 2 unspecified atom stereocenters. The highest BCUT2D eigenvalue weighted by Crippen LogP contribution is 2.24. The number of nitrogens with zero attached hydrogens (tertiary/aromatic N) is 1. The molecule has 0 bridgehead atoms. The lowest BCUT2D eigenvalue weighted by atomic mass is 9.87. The molecule has 2 N–H and O–H groups in total. The molecule has 1 aliphatic heterocycles. The summed E-state index contributed by atoms with van der Waals surface area (Å²) in [5, 5.41) is 6.03. The normalized spacial score (nSPS) is 16.0. The van der Waals surface area contributed by atoms with E-state index in [9.17, 15) is 14.4 Å². The zero-order chi connectivity index (χ0) is 24.7. The van der Waals surface area contributed by atoms with Crippen LogP contribution in [0.5, 0.6) is 5.75 Å². The Bertz CT molecular complexity index is 967. The summed E-state index contributed by atoms with van der Waals surface area (Å²) in [4.78, 5) is 40.8. The molecule has 3 amide bonds. The van der Waals surface area contributed by atoms with Crippen LogP contribution in [0, 0.1) is 11.8 Å². The largest absolute Gasteiger partial charge is 0.497 e. The lowest BCUT2D eigenvalue weighted by Gasteiger charge is -2.36. The molecule has 0 aliphatic carbocycles. The van der Waals surface area contributed by atoms with Gasteiger partial charge in [0, 0.05) is 30.3 Å². The summed E-state index contributed by atoms with van der Waals surface area (Å²) in [6.45, 7) is 7.12. The van der Waals surface area contributed by atoms with Crippen LogP contribution >= 0.6 is 0 Å². The summed E-state index contributed by atoms with van der Waals surface area (Å²) in [5.74, 6) is 0.434. The number of likely N-dealkylation sites (tertiary alicyclic amines) is 1. The number of rotatable bonds is 8. The highest BCUT2D eigenvalue weighted by atomic mass is 16.5. The van der Waals surface area contributed by atoms with E-state index in [0.717, 1.165) is 0 Å². The molecule has 0 radical (unpaired) electrons. The molecule has 0 spiro atoms. The van der Waals surface area contributed by atoms with Crippen molar-refractivity contribution in [3.8, 4) is 5.75 Å². The minimum absolute atomic E-state index is 0.0135. The third-order valence-electron chi connectivity index (χ3n) is 6.61. The second-order valence-corrected chi connectivity index (χ2v) is 9.22. The Morgan fingerprint density at radius 1 is 0.882 bits per heavy atom. The van der Waals surface area contributed by atoms with Crippen LogP contribution in [0.4, 0.5) is 0 Å². The lowest BCUT2D eigenvalue weighted by Crippen LogP contribution is -2.55. The Kier molecular flexibility index (Phi) is 8.68. The van der Waals surface area contributed by atoms with Gasteiger partial charge in [-0.2, -0.15) is 0 Å². The summed E-state index contributed by atoms with van der Waals surface area (Å²) >= 11 is 0. The van der Waals surface area contributed by atoms with Gasteiger partial charge >= 0.3 is 0 Å². The van der Waals surface area contributed by atoms with E-state index in [1.165, 1.54) is 0 Å². The van der Waals surface area contributed by atoms with Crippen molar-refractivity contribution in [2.75, 3.05) is 20.2 Å². The lowest BCUT2D eigenvalue weighted by molar-refractivity contribution is -0.125. The minimum Gasteiger partial charge on any atom is -0.497 e. The van der Waals surface area contributed by atoms with Gasteiger partial charge in [0.15, 0.2) is 0 Å². The van der Waals surface area contributed by atoms with Crippen LogP contribution in [0.3, 0.4) is 0 Å². The molecule has 1 saturated heterocycles. The molecule has 7 heteroatoms. The molecule has 7 nitrogen and oxygen atoms in total. The summed E-state index contributed by atoms with van der Waals surface area (Å²) in [7, 11) is 1.59. The molecule has 2 atom stereocenters. The first-order valence-electron chi connectivity index (χ1n) is 11.9. The maximum atomic E-state index is 13.2. The Hall–Kier alpha value is -3.35. The molecule has 0 saturated carbocycles. The number of methoxy groups -OCH3 is 1. The van der Waals surface area contributed by atoms with Crippen LogP contribution in [-0.4, -0.2) is 54.9 Å². The molecule has 1 heterocycles. The maximum absolute atomic E-state index is 13.2. The van der Waals surface area contributed by atoms with Gasteiger partial charge in [0.25, 0.3) is 11.8 Å². The van der Waals surface area contributed by atoms with Gasteiger partial charge < -0.3 is 20.3 Å². The van der Waals surface area contributed by atoms with Crippen LogP contribution in [0.25, 0.3) is 0 Å². The smallest absolute Gasteiger partial charge is 0.253 e. The SMILES string of the molecule is COc1ccc(C(=O)N2CCC(C(NC(=O)c3ccccc3)C(=O)NC(C)C(C)C)CC2)cc1. The quantitative estimate of drug-likeness (QED) is 0.625. The molecule has 1 fully saturated rings. The summed E-state index contributed by atoms with van der Waals surface area (Å²) < 4.78 is 5.17. The third kappa shape index (κ3) is 6.37. The number of benzene rings is 2. The third-order valence-corrected chi connectivity index (χ3v) is 6.61. The number of ether oxygens (including phenoxy) is 1. The average molecular weight is 466 g/mol. The number of amides is 3. The molecule has 34 heavy (non-hydrogen) atoms. The molecule has 3 rings (SSSR count). The molecular weight excluding hydrogens is 430 g/mol. The zero-order valence-corrected chi connectivity index (χ0v) is 20.4. The van der Waals surface area contributed by atoms with E-state index in [1.54, 1.807) is 55.6 Å². The molecule has 182 valence electrons. The first-order valence-corrected chi connectivity index (χ1v) is 11.9. The van der Waals surface area contributed by atoms with Crippen molar-refractivity contribution >= 4 is 17.7 Å². The fourth-order valence-corrected chi connectivity index (χ4v) is 4.04. The predicted octanol–water partition coefficient (Wildman–Crippen LogP) is 3.51. The second kappa shape index (κ2) is 11.7. The maximum Gasteiger partial charge on any atom is 0.253 e. The van der Waals surface area contributed by atoms with Crippen molar-refractivity contribution < 1.29 is 19.1 Å². The average Bonchev–Trinajstić information content (AvgIpc) is 2.87. The summed E-state index contributed by atoms with van der Waals surface area (Å²) in [6.07, 6.45) is 1.26. The first-order chi connectivity index (χ1) is 16.3. The van der Waals surface area contributed by atoms with Gasteiger partial charge in [-0.25, -0.2) is 0 Å². The van der Waals surface area contributed by atoms with Crippen molar-refractivity contribution in [1.29, 1.82) is 0 Å². The van der Waals surface area contributed by atoms with E-state index in [-0.39, 0.29) is 35.6 Å². The summed E-state index contributed by atoms with van der Waals surface area (Å²) in [5.41, 5.74) is 1.13. The fraction of sp³-hybridized carbons (Fsp3) is 0.444. The number of piperidine rings is 1. The fourth-order valence-electron chi connectivity index (χ4n) is 4.04. The minimum atomic E-state index is -0.660. The van der Waals surface area contributed by atoms with Gasteiger partial charge in [0.1, 0.15) is 11.8 Å². The molecular formula is C27H35N3O4. The van der Waals surface area contributed by atoms with Gasteiger partial charge in [-0.3, -0.25) is 14.4 Å². The van der Waals surface area contributed by atoms with E-state index in [2.05, 4.69) is 10.6 Å². The van der Waals surface area contributed by atoms with Crippen molar-refractivity contribution in [3.63, 3.8) is 0 Å². The van der Waals surface area contributed by atoms with Crippen LogP contribution in [0.2, 0.25) is 0 Å². The van der Waals surface area contributed by atoms with E-state index in [4.69, 9.17) is 4.74 Å². The molecule has 1 aliphatic rings. The van der Waals surface area contributed by atoms with Crippen molar-refractivity contribution in [2.45, 2.75) is 45.7 Å². The first kappa shape index (κ1) is 25.3. The Morgan fingerprint density at radius 3 is 2.06 bits per heavy atom. The van der Waals surface area contributed by atoms with E-state index < -0.39 is 6.04 Å². The molecule has 0 aromatic heterocycles. The van der Waals surface area contributed by atoms with Crippen LogP contribution in [0.15, 0.2) is 54.6 Å². The van der Waals surface area contributed by atoms with Gasteiger partial charge in [0.05, 0.1) is 7.11 Å². The van der Waals surface area contributed by atoms with E-state index in [0.29, 0.717) is 42.8 Å².